The number of ketones is 1. The zero-order valence-electron chi connectivity index (χ0n) is 12.3. The van der Waals surface area contributed by atoms with Crippen LogP contribution in [0.25, 0.3) is 0 Å². The number of hydrogen-bond acceptors (Lipinski definition) is 5. The van der Waals surface area contributed by atoms with E-state index in [0.717, 1.165) is 11.3 Å². The van der Waals surface area contributed by atoms with E-state index in [1.807, 2.05) is 12.1 Å². The van der Waals surface area contributed by atoms with Gasteiger partial charge in [0.05, 0.1) is 20.1 Å². The van der Waals surface area contributed by atoms with Crippen LogP contribution in [0.2, 0.25) is 0 Å². The summed E-state index contributed by atoms with van der Waals surface area (Å²) in [4.78, 5) is 12.7. The minimum Gasteiger partial charge on any atom is -0.507 e. The Labute approximate surface area is 128 Å². The molecule has 1 heterocycles. The lowest BCUT2D eigenvalue weighted by molar-refractivity contribution is 0.0892. The number of fused-ring (bicyclic) bond motifs is 1. The van der Waals surface area contributed by atoms with E-state index in [1.165, 1.54) is 13.2 Å². The van der Waals surface area contributed by atoms with Gasteiger partial charge in [-0.05, 0) is 17.7 Å². The van der Waals surface area contributed by atoms with Crippen LogP contribution in [-0.2, 0) is 0 Å². The van der Waals surface area contributed by atoms with Gasteiger partial charge in [0.25, 0.3) is 0 Å². The lowest BCUT2D eigenvalue weighted by atomic mass is 9.88. The molecule has 0 spiro atoms. The zero-order chi connectivity index (χ0) is 15.7. The van der Waals surface area contributed by atoms with Crippen LogP contribution in [0, 0.1) is 0 Å². The van der Waals surface area contributed by atoms with Crippen LogP contribution in [0.4, 0.5) is 0 Å². The van der Waals surface area contributed by atoms with Crippen molar-refractivity contribution in [2.45, 2.75) is 5.92 Å². The SMILES string of the molecule is COc1ccc(C2COc3cc(OC)cc(O)c3C2=O)cc1. The molecule has 1 aliphatic rings. The molecule has 0 saturated carbocycles. The van der Waals surface area contributed by atoms with E-state index in [-0.39, 0.29) is 23.7 Å². The van der Waals surface area contributed by atoms with E-state index in [4.69, 9.17) is 14.2 Å². The Hall–Kier alpha value is -2.69. The Kier molecular flexibility index (Phi) is 3.63. The van der Waals surface area contributed by atoms with Gasteiger partial charge in [0.1, 0.15) is 35.2 Å². The first-order valence-electron chi connectivity index (χ1n) is 6.86. The molecule has 22 heavy (non-hydrogen) atoms. The summed E-state index contributed by atoms with van der Waals surface area (Å²) >= 11 is 0. The average molecular weight is 300 g/mol. The number of ether oxygens (including phenoxy) is 3. The fourth-order valence-corrected chi connectivity index (χ4v) is 2.56. The highest BCUT2D eigenvalue weighted by Crippen LogP contribution is 2.40. The highest BCUT2D eigenvalue weighted by atomic mass is 16.5. The van der Waals surface area contributed by atoms with Gasteiger partial charge in [-0.1, -0.05) is 12.1 Å². The van der Waals surface area contributed by atoms with Crippen molar-refractivity contribution in [3.8, 4) is 23.0 Å². The third-order valence-corrected chi connectivity index (χ3v) is 3.78. The minimum absolute atomic E-state index is 0.127. The standard InChI is InChI=1S/C17H16O5/c1-20-11-5-3-10(4-6-11)13-9-22-15-8-12(21-2)7-14(18)16(15)17(13)19/h3-8,13,18H,9H2,1-2H3. The van der Waals surface area contributed by atoms with Crippen LogP contribution < -0.4 is 14.2 Å². The molecule has 0 fully saturated rings. The molecule has 0 amide bonds. The summed E-state index contributed by atoms with van der Waals surface area (Å²) in [7, 11) is 3.08. The highest BCUT2D eigenvalue weighted by Gasteiger charge is 2.33. The van der Waals surface area contributed by atoms with Crippen LogP contribution in [0.1, 0.15) is 21.8 Å². The molecular formula is C17H16O5. The van der Waals surface area contributed by atoms with Gasteiger partial charge in [-0.25, -0.2) is 0 Å². The van der Waals surface area contributed by atoms with E-state index in [1.54, 1.807) is 25.3 Å². The third-order valence-electron chi connectivity index (χ3n) is 3.78. The Balaban J connectivity index is 1.96. The van der Waals surface area contributed by atoms with Crippen molar-refractivity contribution in [3.63, 3.8) is 0 Å². The molecular weight excluding hydrogens is 284 g/mol. The Morgan fingerprint density at radius 3 is 2.41 bits per heavy atom. The van der Waals surface area contributed by atoms with Crippen molar-refractivity contribution in [1.82, 2.24) is 0 Å². The fourth-order valence-electron chi connectivity index (χ4n) is 2.56. The summed E-state index contributed by atoms with van der Waals surface area (Å²) in [6, 6.07) is 10.3. The number of phenols is 1. The molecule has 2 aromatic carbocycles. The summed E-state index contributed by atoms with van der Waals surface area (Å²) in [6.07, 6.45) is 0. The predicted octanol–water partition coefficient (Wildman–Crippen LogP) is 2.77. The third kappa shape index (κ3) is 2.35. The number of carbonyl (C=O) groups is 1. The first-order chi connectivity index (χ1) is 10.6. The molecule has 0 aromatic heterocycles. The van der Waals surface area contributed by atoms with Crippen molar-refractivity contribution < 1.29 is 24.1 Å². The minimum atomic E-state index is -0.447. The second-order valence-electron chi connectivity index (χ2n) is 5.02. The second-order valence-corrected chi connectivity index (χ2v) is 5.02. The van der Waals surface area contributed by atoms with Gasteiger partial charge in [-0.2, -0.15) is 0 Å². The molecule has 1 unspecified atom stereocenters. The summed E-state index contributed by atoms with van der Waals surface area (Å²) < 4.78 is 15.8. The smallest absolute Gasteiger partial charge is 0.181 e. The lowest BCUT2D eigenvalue weighted by Crippen LogP contribution is -2.26. The fraction of sp³-hybridized carbons (Fsp3) is 0.235. The molecule has 2 aromatic rings. The van der Waals surface area contributed by atoms with Gasteiger partial charge >= 0.3 is 0 Å². The highest BCUT2D eigenvalue weighted by molar-refractivity contribution is 6.06. The second kappa shape index (κ2) is 5.60. The van der Waals surface area contributed by atoms with Crippen LogP contribution in [0.3, 0.4) is 0 Å². The largest absolute Gasteiger partial charge is 0.507 e. The summed E-state index contributed by atoms with van der Waals surface area (Å²) in [5, 5.41) is 10.1. The number of benzene rings is 2. The van der Waals surface area contributed by atoms with Crippen molar-refractivity contribution >= 4 is 5.78 Å². The molecule has 5 nitrogen and oxygen atoms in total. The predicted molar refractivity (Wildman–Crippen MR) is 80.2 cm³/mol. The topological polar surface area (TPSA) is 65.0 Å². The zero-order valence-corrected chi connectivity index (χ0v) is 12.3. The molecule has 1 atom stereocenters. The van der Waals surface area contributed by atoms with Gasteiger partial charge in [-0.15, -0.1) is 0 Å². The monoisotopic (exact) mass is 300 g/mol. The molecule has 0 saturated heterocycles. The Bertz CT molecular complexity index is 706. The quantitative estimate of drug-likeness (QED) is 0.944. The first kappa shape index (κ1) is 14.3. The number of rotatable bonds is 3. The Morgan fingerprint density at radius 2 is 1.77 bits per heavy atom. The van der Waals surface area contributed by atoms with E-state index in [2.05, 4.69) is 0 Å². The molecule has 1 N–H and O–H groups in total. The maximum atomic E-state index is 12.7. The van der Waals surface area contributed by atoms with Gasteiger partial charge in [0, 0.05) is 12.1 Å². The lowest BCUT2D eigenvalue weighted by Gasteiger charge is -2.25. The average Bonchev–Trinajstić information content (AvgIpc) is 2.55. The van der Waals surface area contributed by atoms with E-state index < -0.39 is 5.92 Å². The number of aromatic hydroxyl groups is 1. The van der Waals surface area contributed by atoms with Crippen LogP contribution in [0.15, 0.2) is 36.4 Å². The molecule has 0 aliphatic carbocycles. The van der Waals surface area contributed by atoms with Crippen molar-refractivity contribution in [1.29, 1.82) is 0 Å². The Morgan fingerprint density at radius 1 is 1.09 bits per heavy atom. The van der Waals surface area contributed by atoms with Crippen molar-refractivity contribution in [2.24, 2.45) is 0 Å². The van der Waals surface area contributed by atoms with Crippen LogP contribution >= 0.6 is 0 Å². The summed E-state index contributed by atoms with van der Waals surface area (Å²) in [6.45, 7) is 0.227. The summed E-state index contributed by atoms with van der Waals surface area (Å²) in [5.41, 5.74) is 1.03. The van der Waals surface area contributed by atoms with Crippen LogP contribution in [-0.4, -0.2) is 31.7 Å². The van der Waals surface area contributed by atoms with E-state index in [0.29, 0.717) is 11.5 Å². The van der Waals surface area contributed by atoms with Crippen LogP contribution in [0.5, 0.6) is 23.0 Å². The molecule has 1 aliphatic heterocycles. The van der Waals surface area contributed by atoms with Gasteiger partial charge in [0.2, 0.25) is 0 Å². The van der Waals surface area contributed by atoms with Crippen molar-refractivity contribution in [3.05, 3.63) is 47.5 Å². The number of phenolic OH excluding ortho intramolecular Hbond substituents is 1. The number of methoxy groups -OCH3 is 2. The number of hydrogen-bond donors (Lipinski definition) is 1. The normalized spacial score (nSPS) is 16.6. The number of carbonyl (C=O) groups excluding carboxylic acids is 1. The number of Topliss-reactive ketones (excluding diaryl/α,β-unsaturated/α-hetero) is 1. The van der Waals surface area contributed by atoms with Gasteiger partial charge < -0.3 is 19.3 Å². The van der Waals surface area contributed by atoms with Crippen molar-refractivity contribution in [2.75, 3.05) is 20.8 Å². The first-order valence-corrected chi connectivity index (χ1v) is 6.86. The van der Waals surface area contributed by atoms with Gasteiger partial charge in [0.15, 0.2) is 5.78 Å². The van der Waals surface area contributed by atoms with E-state index in [9.17, 15) is 9.90 Å². The van der Waals surface area contributed by atoms with E-state index >= 15 is 0 Å². The molecule has 3 rings (SSSR count). The maximum absolute atomic E-state index is 12.7. The molecule has 5 heteroatoms. The molecule has 114 valence electrons. The maximum Gasteiger partial charge on any atom is 0.181 e. The molecule has 0 radical (unpaired) electrons. The summed E-state index contributed by atoms with van der Waals surface area (Å²) in [5.74, 6) is 0.793. The molecule has 0 bridgehead atoms. The van der Waals surface area contributed by atoms with Gasteiger partial charge in [-0.3, -0.25) is 4.79 Å².